The van der Waals surface area contributed by atoms with Crippen molar-refractivity contribution in [1.82, 2.24) is 0 Å². The molecule has 0 radical (unpaired) electrons. The first-order valence-corrected chi connectivity index (χ1v) is 6.04. The van der Waals surface area contributed by atoms with E-state index in [1.165, 1.54) is 0 Å². The number of rotatable bonds is 2. The highest BCUT2D eigenvalue weighted by Gasteiger charge is 2.39. The second-order valence-electron chi connectivity index (χ2n) is 5.40. The number of benzene rings is 1. The van der Waals surface area contributed by atoms with Crippen molar-refractivity contribution in [2.24, 2.45) is 0 Å². The van der Waals surface area contributed by atoms with Gasteiger partial charge in [-0.2, -0.15) is 0 Å². The van der Waals surface area contributed by atoms with E-state index in [0.717, 1.165) is 33.7 Å². The van der Waals surface area contributed by atoms with Crippen molar-refractivity contribution in [3.8, 4) is 5.75 Å². The minimum absolute atomic E-state index is 0.000484. The van der Waals surface area contributed by atoms with Gasteiger partial charge >= 0.3 is 5.97 Å². The smallest absolute Gasteiger partial charge is 0.307 e. The number of nitrogen functional groups attached to an aromatic ring is 1. The molecule has 18 heavy (non-hydrogen) atoms. The van der Waals surface area contributed by atoms with E-state index in [0.29, 0.717) is 6.42 Å². The molecule has 1 heterocycles. The summed E-state index contributed by atoms with van der Waals surface area (Å²) in [6, 6.07) is 0. The van der Waals surface area contributed by atoms with Gasteiger partial charge in [0.2, 0.25) is 0 Å². The van der Waals surface area contributed by atoms with E-state index in [9.17, 15) is 4.79 Å². The van der Waals surface area contributed by atoms with Crippen LogP contribution in [0.5, 0.6) is 5.75 Å². The van der Waals surface area contributed by atoms with Crippen molar-refractivity contribution >= 4 is 11.7 Å². The van der Waals surface area contributed by atoms with Crippen molar-refractivity contribution in [2.75, 3.05) is 5.73 Å². The summed E-state index contributed by atoms with van der Waals surface area (Å²) in [5, 5.41) is 8.96. The predicted octanol–water partition coefficient (Wildman–Crippen LogP) is 2.36. The van der Waals surface area contributed by atoms with Crippen LogP contribution in [-0.4, -0.2) is 16.7 Å². The highest BCUT2D eigenvalue weighted by molar-refractivity contribution is 5.70. The van der Waals surface area contributed by atoms with Crippen molar-refractivity contribution < 1.29 is 14.6 Å². The Balaban J connectivity index is 2.50. The van der Waals surface area contributed by atoms with Crippen LogP contribution in [0.1, 0.15) is 35.6 Å². The van der Waals surface area contributed by atoms with Crippen LogP contribution in [0.3, 0.4) is 0 Å². The molecule has 2 rings (SSSR count). The lowest BCUT2D eigenvalue weighted by Crippen LogP contribution is -2.33. The average Bonchev–Trinajstić information content (AvgIpc) is 2.60. The Labute approximate surface area is 107 Å². The van der Waals surface area contributed by atoms with Crippen LogP contribution in [0, 0.1) is 20.8 Å². The standard InChI is InChI=1S/C14H19NO3/c1-7-8(2)13-10(9(3)12(7)15)5-14(4,18-13)6-11(16)17/h5-6,15H2,1-4H3,(H,16,17). The molecule has 0 saturated carbocycles. The number of nitrogens with two attached hydrogens (primary N) is 1. The third-order valence-electron chi connectivity index (χ3n) is 3.86. The lowest BCUT2D eigenvalue weighted by atomic mass is 9.90. The summed E-state index contributed by atoms with van der Waals surface area (Å²) in [6.07, 6.45) is 0.602. The molecule has 1 unspecified atom stereocenters. The van der Waals surface area contributed by atoms with Crippen LogP contribution in [0.25, 0.3) is 0 Å². The summed E-state index contributed by atoms with van der Waals surface area (Å²) in [5.41, 5.74) is 10.3. The molecule has 0 aromatic heterocycles. The Kier molecular flexibility index (Phi) is 2.76. The average molecular weight is 249 g/mol. The lowest BCUT2D eigenvalue weighted by Gasteiger charge is -2.22. The Morgan fingerprint density at radius 1 is 1.33 bits per heavy atom. The Morgan fingerprint density at radius 2 is 1.94 bits per heavy atom. The third kappa shape index (κ3) is 1.82. The van der Waals surface area contributed by atoms with Gasteiger partial charge in [0.05, 0.1) is 6.42 Å². The monoisotopic (exact) mass is 249 g/mol. The molecule has 0 fully saturated rings. The van der Waals surface area contributed by atoms with E-state index < -0.39 is 11.6 Å². The van der Waals surface area contributed by atoms with E-state index in [4.69, 9.17) is 15.6 Å². The molecular weight excluding hydrogens is 230 g/mol. The second kappa shape index (κ2) is 3.90. The maximum absolute atomic E-state index is 10.9. The molecule has 1 aromatic rings. The van der Waals surface area contributed by atoms with Gasteiger partial charge in [0.25, 0.3) is 0 Å². The number of anilines is 1. The molecule has 1 aliphatic heterocycles. The van der Waals surface area contributed by atoms with Crippen LogP contribution in [0.4, 0.5) is 5.69 Å². The molecular formula is C14H19NO3. The summed E-state index contributed by atoms with van der Waals surface area (Å²) in [4.78, 5) is 10.9. The number of fused-ring (bicyclic) bond motifs is 1. The van der Waals surface area contributed by atoms with Crippen LogP contribution in [-0.2, 0) is 11.2 Å². The van der Waals surface area contributed by atoms with Crippen LogP contribution in [0.15, 0.2) is 0 Å². The normalized spacial score (nSPS) is 21.6. The summed E-state index contributed by atoms with van der Waals surface area (Å²) >= 11 is 0. The largest absolute Gasteiger partial charge is 0.486 e. The molecule has 0 amide bonds. The van der Waals surface area contributed by atoms with Gasteiger partial charge in [0, 0.05) is 17.7 Å². The van der Waals surface area contributed by atoms with Gasteiger partial charge in [-0.15, -0.1) is 0 Å². The molecule has 1 aromatic carbocycles. The fourth-order valence-corrected chi connectivity index (χ4v) is 2.64. The Morgan fingerprint density at radius 3 is 2.50 bits per heavy atom. The molecule has 1 aliphatic rings. The molecule has 98 valence electrons. The van der Waals surface area contributed by atoms with Crippen molar-refractivity contribution in [2.45, 2.75) is 46.1 Å². The molecule has 0 saturated heterocycles. The molecule has 3 N–H and O–H groups in total. The van der Waals surface area contributed by atoms with Crippen LogP contribution < -0.4 is 10.5 Å². The minimum Gasteiger partial charge on any atom is -0.486 e. The maximum Gasteiger partial charge on any atom is 0.307 e. The van der Waals surface area contributed by atoms with Gasteiger partial charge in [0.15, 0.2) is 0 Å². The molecule has 0 spiro atoms. The van der Waals surface area contributed by atoms with E-state index in [2.05, 4.69) is 0 Å². The van der Waals surface area contributed by atoms with Gasteiger partial charge in [-0.25, -0.2) is 0 Å². The first-order valence-electron chi connectivity index (χ1n) is 6.04. The summed E-state index contributed by atoms with van der Waals surface area (Å²) in [5.74, 6) is -0.0201. The lowest BCUT2D eigenvalue weighted by molar-refractivity contribution is -0.140. The highest BCUT2D eigenvalue weighted by Crippen LogP contribution is 2.44. The van der Waals surface area contributed by atoms with Gasteiger partial charge in [0.1, 0.15) is 11.4 Å². The summed E-state index contributed by atoms with van der Waals surface area (Å²) < 4.78 is 5.92. The topological polar surface area (TPSA) is 72.6 Å². The zero-order valence-electron chi connectivity index (χ0n) is 11.3. The number of hydrogen-bond acceptors (Lipinski definition) is 3. The molecule has 4 nitrogen and oxygen atoms in total. The Bertz CT molecular complexity index is 498. The number of hydrogen-bond donors (Lipinski definition) is 2. The van der Waals surface area contributed by atoms with Gasteiger partial charge in [-0.1, -0.05) is 0 Å². The van der Waals surface area contributed by atoms with E-state index in [1.807, 2.05) is 27.7 Å². The Hall–Kier alpha value is -1.71. The minimum atomic E-state index is -0.842. The number of carboxylic acids is 1. The summed E-state index contributed by atoms with van der Waals surface area (Å²) in [6.45, 7) is 7.74. The van der Waals surface area contributed by atoms with E-state index in [1.54, 1.807) is 0 Å². The zero-order chi connectivity index (χ0) is 13.7. The predicted molar refractivity (Wildman–Crippen MR) is 70.1 cm³/mol. The molecule has 0 bridgehead atoms. The van der Waals surface area contributed by atoms with Gasteiger partial charge in [-0.3, -0.25) is 4.79 Å². The maximum atomic E-state index is 10.9. The van der Waals surface area contributed by atoms with E-state index >= 15 is 0 Å². The number of aliphatic carboxylic acids is 1. The van der Waals surface area contributed by atoms with Crippen molar-refractivity contribution in [3.63, 3.8) is 0 Å². The fraction of sp³-hybridized carbons (Fsp3) is 0.500. The second-order valence-corrected chi connectivity index (χ2v) is 5.40. The van der Waals surface area contributed by atoms with Crippen LogP contribution >= 0.6 is 0 Å². The van der Waals surface area contributed by atoms with Gasteiger partial charge in [-0.05, 0) is 44.4 Å². The third-order valence-corrected chi connectivity index (χ3v) is 3.86. The molecule has 4 heteroatoms. The number of carbonyl (C=O) groups is 1. The van der Waals surface area contributed by atoms with Crippen molar-refractivity contribution in [1.29, 1.82) is 0 Å². The van der Waals surface area contributed by atoms with Crippen LogP contribution in [0.2, 0.25) is 0 Å². The SMILES string of the molecule is Cc1c(C)c2c(c(C)c1N)CC(C)(CC(=O)O)O2. The van der Waals surface area contributed by atoms with E-state index in [-0.39, 0.29) is 6.42 Å². The number of ether oxygens (including phenoxy) is 1. The molecule has 1 atom stereocenters. The quantitative estimate of drug-likeness (QED) is 0.789. The first kappa shape index (κ1) is 12.7. The number of carboxylic acid groups (broad SMARTS) is 1. The summed E-state index contributed by atoms with van der Waals surface area (Å²) in [7, 11) is 0. The zero-order valence-corrected chi connectivity index (χ0v) is 11.3. The van der Waals surface area contributed by atoms with Gasteiger partial charge < -0.3 is 15.6 Å². The first-order chi connectivity index (χ1) is 8.25. The highest BCUT2D eigenvalue weighted by atomic mass is 16.5. The van der Waals surface area contributed by atoms with Crippen molar-refractivity contribution in [3.05, 3.63) is 22.3 Å². The molecule has 0 aliphatic carbocycles. The fourth-order valence-electron chi connectivity index (χ4n) is 2.64.